The lowest BCUT2D eigenvalue weighted by Crippen LogP contribution is -2.57. The summed E-state index contributed by atoms with van der Waals surface area (Å²) < 4.78 is 30.1. The lowest BCUT2D eigenvalue weighted by atomic mass is 9.89. The van der Waals surface area contributed by atoms with Crippen LogP contribution in [0.1, 0.15) is 50.8 Å². The molecule has 0 saturated carbocycles. The third-order valence-electron chi connectivity index (χ3n) is 6.00. The van der Waals surface area contributed by atoms with Gasteiger partial charge in [-0.3, -0.25) is 4.99 Å². The van der Waals surface area contributed by atoms with Crippen molar-refractivity contribution in [1.29, 1.82) is 0 Å². The number of aryl methyl sites for hydroxylation is 1. The van der Waals surface area contributed by atoms with Crippen molar-refractivity contribution in [2.24, 2.45) is 10.9 Å². The highest BCUT2D eigenvalue weighted by atomic mass is 127. The molecule has 0 aromatic heterocycles. The van der Waals surface area contributed by atoms with Gasteiger partial charge in [-0.2, -0.15) is 0 Å². The number of ether oxygens (including phenoxy) is 1. The van der Waals surface area contributed by atoms with Crippen LogP contribution in [0.15, 0.2) is 29.3 Å². The number of sulfone groups is 1. The van der Waals surface area contributed by atoms with Crippen molar-refractivity contribution >= 4 is 39.8 Å². The van der Waals surface area contributed by atoms with Gasteiger partial charge in [0, 0.05) is 38.7 Å². The average Bonchev–Trinajstić information content (AvgIpc) is 2.68. The first kappa shape index (κ1) is 25.4. The van der Waals surface area contributed by atoms with Crippen molar-refractivity contribution in [3.8, 4) is 0 Å². The Labute approximate surface area is 198 Å². The molecule has 2 saturated heterocycles. The lowest BCUT2D eigenvalue weighted by Gasteiger charge is -2.39. The van der Waals surface area contributed by atoms with E-state index in [0.717, 1.165) is 32.0 Å². The summed E-state index contributed by atoms with van der Waals surface area (Å²) in [6, 6.07) is 8.58. The average molecular weight is 550 g/mol. The Hall–Kier alpha value is -0.870. The predicted octanol–water partition coefficient (Wildman–Crippen LogP) is 3.56. The maximum Gasteiger partial charge on any atom is 0.194 e. The molecule has 30 heavy (non-hydrogen) atoms. The lowest BCUT2D eigenvalue weighted by molar-refractivity contribution is -0.0250. The summed E-state index contributed by atoms with van der Waals surface area (Å²) in [5.74, 6) is 1.30. The third-order valence-corrected chi connectivity index (χ3v) is 8.54. The van der Waals surface area contributed by atoms with Crippen LogP contribution < -0.4 is 5.32 Å². The van der Waals surface area contributed by atoms with Gasteiger partial charge in [-0.1, -0.05) is 29.8 Å². The molecule has 8 heteroatoms. The van der Waals surface area contributed by atoms with Crippen LogP contribution in [0.5, 0.6) is 0 Å². The summed E-state index contributed by atoms with van der Waals surface area (Å²) >= 11 is 0. The quantitative estimate of drug-likeness (QED) is 0.354. The van der Waals surface area contributed by atoms with Crippen molar-refractivity contribution in [3.63, 3.8) is 0 Å². The van der Waals surface area contributed by atoms with Crippen molar-refractivity contribution < 1.29 is 13.2 Å². The van der Waals surface area contributed by atoms with Gasteiger partial charge in [-0.15, -0.1) is 24.0 Å². The van der Waals surface area contributed by atoms with Gasteiger partial charge in [0.2, 0.25) is 0 Å². The minimum Gasteiger partial charge on any atom is -0.373 e. The van der Waals surface area contributed by atoms with E-state index in [1.165, 1.54) is 11.1 Å². The largest absolute Gasteiger partial charge is 0.373 e. The Balaban J connectivity index is 0.00000320. The zero-order chi connectivity index (χ0) is 21.1. The zero-order valence-corrected chi connectivity index (χ0v) is 21.7. The first-order valence-corrected chi connectivity index (χ1v) is 12.3. The van der Waals surface area contributed by atoms with E-state index in [2.05, 4.69) is 41.4 Å². The molecule has 3 rings (SSSR count). The van der Waals surface area contributed by atoms with Gasteiger partial charge in [-0.25, -0.2) is 8.42 Å². The smallest absolute Gasteiger partial charge is 0.194 e. The first-order valence-electron chi connectivity index (χ1n) is 10.7. The fourth-order valence-corrected chi connectivity index (χ4v) is 5.47. The van der Waals surface area contributed by atoms with Gasteiger partial charge in [0.1, 0.15) is 0 Å². The molecule has 2 fully saturated rings. The van der Waals surface area contributed by atoms with E-state index in [0.29, 0.717) is 25.6 Å². The van der Waals surface area contributed by atoms with Gasteiger partial charge in [-0.05, 0) is 46.1 Å². The molecule has 2 atom stereocenters. The van der Waals surface area contributed by atoms with Crippen LogP contribution in [-0.4, -0.2) is 62.6 Å². The van der Waals surface area contributed by atoms with E-state index in [-0.39, 0.29) is 35.8 Å². The van der Waals surface area contributed by atoms with Crippen LogP contribution in [0.4, 0.5) is 0 Å². The van der Waals surface area contributed by atoms with E-state index in [4.69, 9.17) is 9.73 Å². The monoisotopic (exact) mass is 549 g/mol. The second kappa shape index (κ2) is 10.6. The number of halogens is 1. The molecule has 0 amide bonds. The first-order chi connectivity index (χ1) is 13.7. The van der Waals surface area contributed by atoms with E-state index >= 15 is 0 Å². The van der Waals surface area contributed by atoms with Crippen molar-refractivity contribution in [3.05, 3.63) is 35.4 Å². The maximum absolute atomic E-state index is 12.4. The number of aliphatic imine (C=N–C) groups is 1. The highest BCUT2D eigenvalue weighted by molar-refractivity contribution is 14.0. The van der Waals surface area contributed by atoms with Crippen LogP contribution >= 0.6 is 24.0 Å². The van der Waals surface area contributed by atoms with Crippen LogP contribution in [0.3, 0.4) is 0 Å². The van der Waals surface area contributed by atoms with Gasteiger partial charge in [0.15, 0.2) is 15.8 Å². The summed E-state index contributed by atoms with van der Waals surface area (Å²) in [6.45, 7) is 10.9. The molecule has 2 aliphatic rings. The van der Waals surface area contributed by atoms with E-state index < -0.39 is 14.6 Å². The van der Waals surface area contributed by atoms with E-state index in [1.54, 1.807) is 13.8 Å². The standard InChI is InChI=1S/C22H35N3O3S.HI/c1-5-23-21(25-12-14-29(26,27)22(3,4)16-25)24-15-19-7-6-13-28-20(19)18-10-8-17(2)9-11-18;/h8-11,19-20H,5-7,12-16H2,1-4H3,(H,23,24);1H. The zero-order valence-electron chi connectivity index (χ0n) is 18.6. The summed E-state index contributed by atoms with van der Waals surface area (Å²) in [6.07, 6.45) is 2.20. The number of benzene rings is 1. The van der Waals surface area contributed by atoms with Crippen molar-refractivity contribution in [2.75, 3.05) is 38.5 Å². The van der Waals surface area contributed by atoms with Crippen LogP contribution in [0, 0.1) is 12.8 Å². The molecule has 1 aromatic rings. The Morgan fingerprint density at radius 2 is 2.00 bits per heavy atom. The molecule has 0 spiro atoms. The number of guanidine groups is 1. The number of nitrogens with zero attached hydrogens (tertiary/aromatic N) is 2. The highest BCUT2D eigenvalue weighted by Gasteiger charge is 2.41. The Morgan fingerprint density at radius 1 is 1.30 bits per heavy atom. The number of rotatable bonds is 4. The fraction of sp³-hybridized carbons (Fsp3) is 0.682. The molecule has 1 N–H and O–H groups in total. The Kier molecular flexibility index (Phi) is 9.00. The molecular formula is C22H36IN3O3S. The highest BCUT2D eigenvalue weighted by Crippen LogP contribution is 2.34. The molecule has 2 aliphatic heterocycles. The fourth-order valence-electron chi connectivity index (χ4n) is 4.11. The van der Waals surface area contributed by atoms with Gasteiger partial charge < -0.3 is 15.0 Å². The van der Waals surface area contributed by atoms with Gasteiger partial charge in [0.25, 0.3) is 0 Å². The second-order valence-electron chi connectivity index (χ2n) is 8.80. The molecule has 0 radical (unpaired) electrons. The number of hydrogen-bond donors (Lipinski definition) is 1. The minimum absolute atomic E-state index is 0. The maximum atomic E-state index is 12.4. The second-order valence-corrected chi connectivity index (χ2v) is 11.5. The molecule has 0 aliphatic carbocycles. The van der Waals surface area contributed by atoms with Crippen LogP contribution in [0.2, 0.25) is 0 Å². The summed E-state index contributed by atoms with van der Waals surface area (Å²) in [7, 11) is -3.07. The Morgan fingerprint density at radius 3 is 2.63 bits per heavy atom. The van der Waals surface area contributed by atoms with E-state index in [1.807, 2.05) is 6.92 Å². The van der Waals surface area contributed by atoms with Crippen molar-refractivity contribution in [1.82, 2.24) is 10.2 Å². The number of nitrogens with one attached hydrogen (secondary N) is 1. The molecule has 170 valence electrons. The van der Waals surface area contributed by atoms with Gasteiger partial charge >= 0.3 is 0 Å². The molecule has 2 unspecified atom stereocenters. The molecule has 1 aromatic carbocycles. The summed E-state index contributed by atoms with van der Waals surface area (Å²) in [5, 5.41) is 3.36. The Bertz CT molecular complexity index is 825. The normalized spacial score (nSPS) is 26.0. The summed E-state index contributed by atoms with van der Waals surface area (Å²) in [5.41, 5.74) is 2.46. The van der Waals surface area contributed by atoms with E-state index in [9.17, 15) is 8.42 Å². The molecule has 2 heterocycles. The summed E-state index contributed by atoms with van der Waals surface area (Å²) in [4.78, 5) is 7.02. The number of hydrogen-bond acceptors (Lipinski definition) is 4. The van der Waals surface area contributed by atoms with Crippen LogP contribution in [0.25, 0.3) is 0 Å². The van der Waals surface area contributed by atoms with Crippen LogP contribution in [-0.2, 0) is 14.6 Å². The predicted molar refractivity (Wildman–Crippen MR) is 133 cm³/mol. The topological polar surface area (TPSA) is 71.0 Å². The molecular weight excluding hydrogens is 513 g/mol. The molecule has 0 bridgehead atoms. The minimum atomic E-state index is -3.07. The SMILES string of the molecule is CCNC(=NCC1CCCOC1c1ccc(C)cc1)N1CCS(=O)(=O)C(C)(C)C1.I. The van der Waals surface area contributed by atoms with Gasteiger partial charge in [0.05, 0.1) is 16.6 Å². The molecule has 6 nitrogen and oxygen atoms in total. The van der Waals surface area contributed by atoms with Crippen molar-refractivity contribution in [2.45, 2.75) is 51.4 Å². The third kappa shape index (κ3) is 5.88.